The summed E-state index contributed by atoms with van der Waals surface area (Å²) in [5, 5.41) is 6.75. The summed E-state index contributed by atoms with van der Waals surface area (Å²) >= 11 is 0. The average molecular weight is 274 g/mol. The van der Waals surface area contributed by atoms with E-state index >= 15 is 0 Å². The van der Waals surface area contributed by atoms with Crippen molar-refractivity contribution in [2.45, 2.75) is 13.1 Å². The summed E-state index contributed by atoms with van der Waals surface area (Å²) in [5.41, 5.74) is 1.03. The van der Waals surface area contributed by atoms with E-state index in [9.17, 15) is 4.79 Å². The second-order valence-electron chi connectivity index (χ2n) is 5.05. The van der Waals surface area contributed by atoms with Crippen molar-refractivity contribution in [2.24, 2.45) is 0 Å². The van der Waals surface area contributed by atoms with E-state index in [-0.39, 0.29) is 5.56 Å². The van der Waals surface area contributed by atoms with E-state index in [1.165, 1.54) is 0 Å². The van der Waals surface area contributed by atoms with Crippen LogP contribution >= 0.6 is 0 Å². The standard InChI is InChI=1S/C13H18N6O/c20-13-7-11(1-2-14-13)8-18-3-5-19(6-4-18)9-12-15-10-16-17-12/h1-2,7,10H,3-6,8-9H2,(H,14,20)(H,15,16,17). The van der Waals surface area contributed by atoms with Gasteiger partial charge < -0.3 is 4.98 Å². The molecule has 0 aromatic carbocycles. The first-order valence-corrected chi connectivity index (χ1v) is 6.76. The van der Waals surface area contributed by atoms with Crippen molar-refractivity contribution in [3.8, 4) is 0 Å². The minimum atomic E-state index is -0.0357. The third-order valence-electron chi connectivity index (χ3n) is 3.55. The van der Waals surface area contributed by atoms with Gasteiger partial charge in [0.25, 0.3) is 0 Å². The lowest BCUT2D eigenvalue weighted by Gasteiger charge is -2.34. The first-order valence-electron chi connectivity index (χ1n) is 6.76. The van der Waals surface area contributed by atoms with Crippen LogP contribution < -0.4 is 5.56 Å². The predicted octanol–water partition coefficient (Wildman–Crippen LogP) is -0.189. The second-order valence-corrected chi connectivity index (χ2v) is 5.05. The second kappa shape index (κ2) is 5.98. The quantitative estimate of drug-likeness (QED) is 0.808. The Morgan fingerprint density at radius 1 is 1.15 bits per heavy atom. The molecule has 1 aliphatic rings. The van der Waals surface area contributed by atoms with Gasteiger partial charge in [-0.15, -0.1) is 0 Å². The van der Waals surface area contributed by atoms with Crippen LogP contribution in [0, 0.1) is 0 Å². The Hall–Kier alpha value is -1.99. The molecule has 0 bridgehead atoms. The minimum absolute atomic E-state index is 0.0357. The van der Waals surface area contributed by atoms with Gasteiger partial charge in [0.2, 0.25) is 5.56 Å². The zero-order valence-corrected chi connectivity index (χ0v) is 11.2. The molecular weight excluding hydrogens is 256 g/mol. The third-order valence-corrected chi connectivity index (χ3v) is 3.55. The van der Waals surface area contributed by atoms with Crippen LogP contribution in [0.1, 0.15) is 11.4 Å². The smallest absolute Gasteiger partial charge is 0.248 e. The number of pyridine rings is 1. The predicted molar refractivity (Wildman–Crippen MR) is 74.0 cm³/mol. The number of hydrogen-bond donors (Lipinski definition) is 2. The van der Waals surface area contributed by atoms with Gasteiger partial charge in [0.15, 0.2) is 0 Å². The molecule has 1 saturated heterocycles. The molecule has 2 aromatic heterocycles. The minimum Gasteiger partial charge on any atom is -0.329 e. The fraction of sp³-hybridized carbons (Fsp3) is 0.462. The summed E-state index contributed by atoms with van der Waals surface area (Å²) in [7, 11) is 0. The van der Waals surface area contributed by atoms with Gasteiger partial charge in [0.1, 0.15) is 12.2 Å². The van der Waals surface area contributed by atoms with Crippen LogP contribution in [0.5, 0.6) is 0 Å². The SMILES string of the molecule is O=c1cc(CN2CCN(Cc3ncn[nH]3)CC2)cc[nH]1. The number of nitrogens with zero attached hydrogens (tertiary/aromatic N) is 4. The molecule has 7 nitrogen and oxygen atoms in total. The molecule has 0 radical (unpaired) electrons. The van der Waals surface area contributed by atoms with Gasteiger partial charge >= 0.3 is 0 Å². The van der Waals surface area contributed by atoms with E-state index in [4.69, 9.17) is 0 Å². The highest BCUT2D eigenvalue weighted by Gasteiger charge is 2.17. The summed E-state index contributed by atoms with van der Waals surface area (Å²) in [4.78, 5) is 22.8. The van der Waals surface area contributed by atoms with E-state index in [2.05, 4.69) is 30.0 Å². The summed E-state index contributed by atoms with van der Waals surface area (Å²) < 4.78 is 0. The monoisotopic (exact) mass is 274 g/mol. The van der Waals surface area contributed by atoms with Gasteiger partial charge in [0.05, 0.1) is 6.54 Å². The number of hydrogen-bond acceptors (Lipinski definition) is 5. The van der Waals surface area contributed by atoms with Gasteiger partial charge in [-0.25, -0.2) is 4.98 Å². The Morgan fingerprint density at radius 2 is 1.90 bits per heavy atom. The molecule has 0 saturated carbocycles. The Labute approximate surface area is 116 Å². The number of piperazine rings is 1. The van der Waals surface area contributed by atoms with Crippen molar-refractivity contribution in [1.29, 1.82) is 0 Å². The van der Waals surface area contributed by atoms with Crippen LogP contribution in [0.15, 0.2) is 29.5 Å². The van der Waals surface area contributed by atoms with Crippen molar-refractivity contribution in [3.63, 3.8) is 0 Å². The normalized spacial score (nSPS) is 17.4. The highest BCUT2D eigenvalue weighted by atomic mass is 16.1. The van der Waals surface area contributed by atoms with Crippen LogP contribution in [0.3, 0.4) is 0 Å². The lowest BCUT2D eigenvalue weighted by molar-refractivity contribution is 0.120. The fourth-order valence-corrected chi connectivity index (χ4v) is 2.47. The Morgan fingerprint density at radius 3 is 2.55 bits per heavy atom. The van der Waals surface area contributed by atoms with Gasteiger partial charge in [-0.2, -0.15) is 5.10 Å². The van der Waals surface area contributed by atoms with Gasteiger partial charge in [0, 0.05) is 45.0 Å². The van der Waals surface area contributed by atoms with Crippen LogP contribution in [-0.4, -0.2) is 56.1 Å². The van der Waals surface area contributed by atoms with E-state index in [0.29, 0.717) is 0 Å². The molecule has 0 aliphatic carbocycles. The van der Waals surface area contributed by atoms with Crippen molar-refractivity contribution in [1.82, 2.24) is 30.0 Å². The molecule has 2 N–H and O–H groups in total. The van der Waals surface area contributed by atoms with E-state index in [1.54, 1.807) is 18.6 Å². The molecule has 7 heteroatoms. The van der Waals surface area contributed by atoms with Crippen molar-refractivity contribution >= 4 is 0 Å². The molecule has 3 heterocycles. The topological polar surface area (TPSA) is 80.9 Å². The van der Waals surface area contributed by atoms with Gasteiger partial charge in [-0.3, -0.25) is 19.7 Å². The highest BCUT2D eigenvalue weighted by Crippen LogP contribution is 2.08. The van der Waals surface area contributed by atoms with Crippen LogP contribution in [0.4, 0.5) is 0 Å². The molecule has 106 valence electrons. The number of H-pyrrole nitrogens is 2. The van der Waals surface area contributed by atoms with Crippen LogP contribution in [0.25, 0.3) is 0 Å². The lowest BCUT2D eigenvalue weighted by atomic mass is 10.2. The Bertz CT molecular complexity index is 585. The molecule has 0 atom stereocenters. The molecule has 3 rings (SSSR count). The fourth-order valence-electron chi connectivity index (χ4n) is 2.47. The van der Waals surface area contributed by atoms with Crippen molar-refractivity contribution in [2.75, 3.05) is 26.2 Å². The largest absolute Gasteiger partial charge is 0.329 e. The average Bonchev–Trinajstić information content (AvgIpc) is 2.94. The van der Waals surface area contributed by atoms with Crippen molar-refractivity contribution < 1.29 is 0 Å². The maximum atomic E-state index is 11.3. The number of aromatic nitrogens is 4. The zero-order valence-electron chi connectivity index (χ0n) is 11.2. The summed E-state index contributed by atoms with van der Waals surface area (Å²) in [6, 6.07) is 3.63. The molecule has 20 heavy (non-hydrogen) atoms. The van der Waals surface area contributed by atoms with E-state index in [0.717, 1.165) is 50.7 Å². The molecule has 0 amide bonds. The highest BCUT2D eigenvalue weighted by molar-refractivity contribution is 5.09. The summed E-state index contributed by atoms with van der Waals surface area (Å²) in [5.74, 6) is 0.910. The molecule has 1 aliphatic heterocycles. The van der Waals surface area contributed by atoms with E-state index in [1.807, 2.05) is 6.07 Å². The molecular formula is C13H18N6O. The summed E-state index contributed by atoms with van der Waals surface area (Å²) in [6.45, 7) is 5.66. The number of aromatic amines is 2. The maximum absolute atomic E-state index is 11.3. The summed E-state index contributed by atoms with van der Waals surface area (Å²) in [6.07, 6.45) is 3.25. The van der Waals surface area contributed by atoms with Gasteiger partial charge in [-0.05, 0) is 11.6 Å². The Kier molecular flexibility index (Phi) is 3.89. The number of nitrogens with one attached hydrogen (secondary N) is 2. The molecule has 0 unspecified atom stereocenters. The molecule has 0 spiro atoms. The molecule has 1 fully saturated rings. The first-order chi connectivity index (χ1) is 9.79. The van der Waals surface area contributed by atoms with Crippen LogP contribution in [-0.2, 0) is 13.1 Å². The first kappa shape index (κ1) is 13.0. The lowest BCUT2D eigenvalue weighted by Crippen LogP contribution is -2.45. The van der Waals surface area contributed by atoms with Gasteiger partial charge in [-0.1, -0.05) is 0 Å². The van der Waals surface area contributed by atoms with E-state index < -0.39 is 0 Å². The third kappa shape index (κ3) is 3.31. The van der Waals surface area contributed by atoms with Crippen LogP contribution in [0.2, 0.25) is 0 Å². The number of rotatable bonds is 4. The Balaban J connectivity index is 1.50. The molecule has 2 aromatic rings. The van der Waals surface area contributed by atoms with Crippen molar-refractivity contribution in [3.05, 3.63) is 46.4 Å². The zero-order chi connectivity index (χ0) is 13.8. The maximum Gasteiger partial charge on any atom is 0.248 e.